The van der Waals surface area contributed by atoms with Gasteiger partial charge in [0.05, 0.1) is 11.3 Å². The molecule has 0 saturated carbocycles. The standard InChI is InChI=1S/C20H14ClF7N4O2S/c1-9(2)32(14-4-3-12(22)16(21)30-14)18(33)34-15-11(20(26,27)28)7-10(19(23,24)25)8-13(15)31-6-5-29-17(31)35/h3-9H,1-2H3,(H,29,35). The number of anilines is 1. The van der Waals surface area contributed by atoms with E-state index in [1.54, 1.807) is 0 Å². The molecule has 1 N–H and O–H groups in total. The van der Waals surface area contributed by atoms with Gasteiger partial charge in [-0.05, 0) is 50.3 Å². The summed E-state index contributed by atoms with van der Waals surface area (Å²) >= 11 is 10.6. The van der Waals surface area contributed by atoms with Crippen LogP contribution in [0, 0.1) is 10.6 Å². The number of alkyl halides is 6. The zero-order valence-corrected chi connectivity index (χ0v) is 19.2. The highest BCUT2D eigenvalue weighted by Gasteiger charge is 2.42. The molecule has 0 saturated heterocycles. The summed E-state index contributed by atoms with van der Waals surface area (Å²) in [6.07, 6.45) is -9.72. The lowest BCUT2D eigenvalue weighted by atomic mass is 10.1. The third-order valence-corrected chi connectivity index (χ3v) is 5.13. The van der Waals surface area contributed by atoms with Crippen molar-refractivity contribution in [1.82, 2.24) is 14.5 Å². The van der Waals surface area contributed by atoms with E-state index in [0.717, 1.165) is 27.8 Å². The molecular formula is C20H14ClF7N4O2S. The van der Waals surface area contributed by atoms with Gasteiger partial charge in [0.15, 0.2) is 21.5 Å². The van der Waals surface area contributed by atoms with Crippen LogP contribution in [0.25, 0.3) is 5.69 Å². The Labute approximate surface area is 202 Å². The predicted molar refractivity (Wildman–Crippen MR) is 114 cm³/mol. The Morgan fingerprint density at radius 3 is 2.31 bits per heavy atom. The third-order valence-electron chi connectivity index (χ3n) is 4.55. The van der Waals surface area contributed by atoms with Crippen molar-refractivity contribution in [3.63, 3.8) is 0 Å². The number of H-pyrrole nitrogens is 1. The first-order chi connectivity index (χ1) is 16.1. The molecule has 1 aromatic carbocycles. The topological polar surface area (TPSA) is 63.1 Å². The number of benzene rings is 1. The first-order valence-corrected chi connectivity index (χ1v) is 10.3. The van der Waals surface area contributed by atoms with Crippen LogP contribution in [0.1, 0.15) is 25.0 Å². The van der Waals surface area contributed by atoms with Crippen LogP contribution >= 0.6 is 23.8 Å². The lowest BCUT2D eigenvalue weighted by molar-refractivity contribution is -0.143. The van der Waals surface area contributed by atoms with Crippen LogP contribution in [-0.2, 0) is 12.4 Å². The highest BCUT2D eigenvalue weighted by molar-refractivity contribution is 7.71. The lowest BCUT2D eigenvalue weighted by Crippen LogP contribution is -2.40. The average Bonchev–Trinajstić information content (AvgIpc) is 3.14. The molecule has 0 spiro atoms. The third kappa shape index (κ3) is 5.59. The highest BCUT2D eigenvalue weighted by Crippen LogP contribution is 2.44. The molecule has 0 unspecified atom stereocenters. The van der Waals surface area contributed by atoms with Gasteiger partial charge in [-0.3, -0.25) is 9.47 Å². The van der Waals surface area contributed by atoms with E-state index in [9.17, 15) is 35.5 Å². The van der Waals surface area contributed by atoms with Crippen LogP contribution < -0.4 is 9.64 Å². The van der Waals surface area contributed by atoms with Gasteiger partial charge in [-0.2, -0.15) is 26.3 Å². The van der Waals surface area contributed by atoms with Crippen LogP contribution in [0.2, 0.25) is 5.15 Å². The molecule has 0 aliphatic heterocycles. The second-order valence-electron chi connectivity index (χ2n) is 7.28. The number of imidazole rings is 1. The first kappa shape index (κ1) is 26.5. The van der Waals surface area contributed by atoms with Gasteiger partial charge in [0.2, 0.25) is 0 Å². The summed E-state index contributed by atoms with van der Waals surface area (Å²) in [7, 11) is 0. The quantitative estimate of drug-likeness (QED) is 0.216. The molecular weight excluding hydrogens is 529 g/mol. The van der Waals surface area contributed by atoms with Gasteiger partial charge in [0, 0.05) is 18.4 Å². The van der Waals surface area contributed by atoms with Crippen LogP contribution in [0.15, 0.2) is 36.7 Å². The number of carbonyl (C=O) groups excluding carboxylic acids is 1. The molecule has 15 heteroatoms. The molecule has 0 atom stereocenters. The molecule has 6 nitrogen and oxygen atoms in total. The van der Waals surface area contributed by atoms with Crippen molar-refractivity contribution >= 4 is 35.7 Å². The van der Waals surface area contributed by atoms with E-state index in [4.69, 9.17) is 28.6 Å². The monoisotopic (exact) mass is 542 g/mol. The van der Waals surface area contributed by atoms with Crippen LogP contribution in [0.3, 0.4) is 0 Å². The van der Waals surface area contributed by atoms with Crippen molar-refractivity contribution in [2.45, 2.75) is 32.2 Å². The smallest absolute Gasteiger partial charge is 0.407 e. The van der Waals surface area contributed by atoms with E-state index < -0.39 is 58.0 Å². The minimum atomic E-state index is -5.36. The Morgan fingerprint density at radius 1 is 1.17 bits per heavy atom. The number of amides is 1. The van der Waals surface area contributed by atoms with Crippen LogP contribution in [0.4, 0.5) is 41.3 Å². The molecule has 1 amide bonds. The predicted octanol–water partition coefficient (Wildman–Crippen LogP) is 7.17. The van der Waals surface area contributed by atoms with E-state index in [0.29, 0.717) is 6.07 Å². The first-order valence-electron chi connectivity index (χ1n) is 9.53. The summed E-state index contributed by atoms with van der Waals surface area (Å²) in [5.74, 6) is -2.42. The highest BCUT2D eigenvalue weighted by atomic mass is 35.5. The largest absolute Gasteiger partial charge is 0.421 e. The number of carbonyl (C=O) groups is 1. The zero-order valence-electron chi connectivity index (χ0n) is 17.6. The molecule has 3 rings (SSSR count). The van der Waals surface area contributed by atoms with E-state index in [2.05, 4.69) is 9.97 Å². The molecule has 0 aliphatic carbocycles. The fourth-order valence-corrected chi connectivity index (χ4v) is 3.41. The second kappa shape index (κ2) is 9.49. The summed E-state index contributed by atoms with van der Waals surface area (Å²) in [6, 6.07) is 1.31. The summed E-state index contributed by atoms with van der Waals surface area (Å²) in [4.78, 5) is 19.9. The molecule has 0 radical (unpaired) electrons. The number of pyridine rings is 1. The second-order valence-corrected chi connectivity index (χ2v) is 8.02. The number of nitrogens with one attached hydrogen (secondary N) is 1. The van der Waals surface area contributed by atoms with Crippen molar-refractivity contribution in [3.05, 3.63) is 63.5 Å². The van der Waals surface area contributed by atoms with Crippen LogP contribution in [-0.4, -0.2) is 26.7 Å². The Hall–Kier alpha value is -3.13. The molecule has 2 heterocycles. The molecule has 0 fully saturated rings. The molecule has 2 aromatic heterocycles. The number of hydrogen-bond acceptors (Lipinski definition) is 4. The Kier molecular flexibility index (Phi) is 7.18. The summed E-state index contributed by atoms with van der Waals surface area (Å²) in [5.41, 5.74) is -4.30. The Bertz CT molecular complexity index is 1320. The minimum Gasteiger partial charge on any atom is -0.407 e. The average molecular weight is 543 g/mol. The summed E-state index contributed by atoms with van der Waals surface area (Å²) in [5, 5.41) is -0.620. The van der Waals surface area contributed by atoms with Gasteiger partial charge in [-0.25, -0.2) is 14.2 Å². The van der Waals surface area contributed by atoms with Gasteiger partial charge in [-0.1, -0.05) is 11.6 Å². The van der Waals surface area contributed by atoms with E-state index >= 15 is 0 Å². The maximum atomic E-state index is 13.9. The number of aromatic amines is 1. The van der Waals surface area contributed by atoms with Crippen molar-refractivity contribution in [3.8, 4) is 11.4 Å². The van der Waals surface area contributed by atoms with E-state index in [1.807, 2.05) is 0 Å². The number of rotatable bonds is 4. The normalized spacial score (nSPS) is 12.2. The number of hydrogen-bond donors (Lipinski definition) is 1. The van der Waals surface area contributed by atoms with Gasteiger partial charge in [-0.15, -0.1) is 0 Å². The minimum absolute atomic E-state index is 0.172. The summed E-state index contributed by atoms with van der Waals surface area (Å²) < 4.78 is 101. The zero-order chi connectivity index (χ0) is 26.3. The number of nitrogens with zero attached hydrogens (tertiary/aromatic N) is 3. The maximum absolute atomic E-state index is 13.9. The van der Waals surface area contributed by atoms with E-state index in [-0.39, 0.29) is 16.7 Å². The van der Waals surface area contributed by atoms with Gasteiger partial charge in [0.1, 0.15) is 11.4 Å². The summed E-state index contributed by atoms with van der Waals surface area (Å²) in [6.45, 7) is 2.89. The molecule has 3 aromatic rings. The van der Waals surface area contributed by atoms with Crippen LogP contribution in [0.5, 0.6) is 5.75 Å². The van der Waals surface area contributed by atoms with Crippen molar-refractivity contribution in [1.29, 1.82) is 0 Å². The SMILES string of the molecule is CC(C)N(C(=O)Oc1c(-n2cc[nH]c2=S)cc(C(F)(F)F)cc1C(F)(F)F)c1ccc(F)c(Cl)n1. The molecule has 35 heavy (non-hydrogen) atoms. The Balaban J connectivity index is 2.23. The molecule has 188 valence electrons. The van der Waals surface area contributed by atoms with Crippen molar-refractivity contribution in [2.24, 2.45) is 0 Å². The molecule has 0 aliphatic rings. The Morgan fingerprint density at radius 2 is 1.83 bits per heavy atom. The maximum Gasteiger partial charge on any atom is 0.421 e. The van der Waals surface area contributed by atoms with Gasteiger partial charge >= 0.3 is 18.4 Å². The number of halogens is 8. The number of aromatic nitrogens is 3. The van der Waals surface area contributed by atoms with Gasteiger partial charge < -0.3 is 9.72 Å². The fourth-order valence-electron chi connectivity index (χ4n) is 3.03. The van der Waals surface area contributed by atoms with E-state index in [1.165, 1.54) is 20.0 Å². The van der Waals surface area contributed by atoms with Crippen molar-refractivity contribution < 1.29 is 40.3 Å². The molecule has 0 bridgehead atoms. The van der Waals surface area contributed by atoms with Crippen molar-refractivity contribution in [2.75, 3.05) is 4.90 Å². The lowest BCUT2D eigenvalue weighted by Gasteiger charge is -2.27. The van der Waals surface area contributed by atoms with Gasteiger partial charge in [0.25, 0.3) is 0 Å². The number of ether oxygens (including phenoxy) is 1. The fraction of sp³-hybridized carbons (Fsp3) is 0.250.